The lowest BCUT2D eigenvalue weighted by Crippen LogP contribution is -2.40. The largest absolute Gasteiger partial charge is 0.368 e. The molecule has 1 aromatic heterocycles. The molecule has 1 aromatic carbocycles. The summed E-state index contributed by atoms with van der Waals surface area (Å²) in [6.07, 6.45) is 2.43. The highest BCUT2D eigenvalue weighted by Crippen LogP contribution is 2.35. The number of anilines is 1. The number of hydrogen-bond donors (Lipinski definition) is 1. The van der Waals surface area contributed by atoms with Crippen molar-refractivity contribution in [1.82, 2.24) is 15.6 Å². The Morgan fingerprint density at radius 3 is 3.00 bits per heavy atom. The second-order valence-corrected chi connectivity index (χ2v) is 5.69. The first kappa shape index (κ1) is 12.5. The third-order valence-electron chi connectivity index (χ3n) is 4.51. The molecule has 8 heteroatoms. The Kier molecular flexibility index (Phi) is 2.78. The van der Waals surface area contributed by atoms with E-state index >= 15 is 0 Å². The van der Waals surface area contributed by atoms with E-state index in [0.29, 0.717) is 17.5 Å². The molecule has 21 heavy (non-hydrogen) atoms. The Morgan fingerprint density at radius 1 is 1.33 bits per heavy atom. The van der Waals surface area contributed by atoms with Crippen LogP contribution >= 0.6 is 0 Å². The van der Waals surface area contributed by atoms with Gasteiger partial charge in [-0.05, 0) is 41.7 Å². The Morgan fingerprint density at radius 2 is 2.19 bits per heavy atom. The maximum Gasteiger partial charge on any atom is 0.300 e. The van der Waals surface area contributed by atoms with Gasteiger partial charge < -0.3 is 10.2 Å². The molecule has 2 aromatic rings. The smallest absolute Gasteiger partial charge is 0.300 e. The van der Waals surface area contributed by atoms with Crippen LogP contribution in [0, 0.1) is 16.0 Å². The number of piperidine rings is 1. The highest BCUT2D eigenvalue weighted by molar-refractivity contribution is 5.93. The van der Waals surface area contributed by atoms with Crippen LogP contribution in [0.5, 0.6) is 0 Å². The van der Waals surface area contributed by atoms with Crippen LogP contribution in [0.25, 0.3) is 11.0 Å². The molecule has 0 amide bonds. The summed E-state index contributed by atoms with van der Waals surface area (Å²) in [5.74, 6) is 0.629. The summed E-state index contributed by atoms with van der Waals surface area (Å²) in [6, 6.07) is 3.73. The zero-order valence-electron chi connectivity index (χ0n) is 11.4. The summed E-state index contributed by atoms with van der Waals surface area (Å²) in [4.78, 5) is 12.8. The minimum atomic E-state index is -0.457. The van der Waals surface area contributed by atoms with E-state index in [1.807, 2.05) is 0 Å². The fourth-order valence-corrected chi connectivity index (χ4v) is 3.49. The van der Waals surface area contributed by atoms with Crippen molar-refractivity contribution in [2.45, 2.75) is 18.9 Å². The fraction of sp³-hybridized carbons (Fsp3) is 0.538. The molecule has 0 unspecified atom stereocenters. The maximum absolute atomic E-state index is 11.0. The van der Waals surface area contributed by atoms with Gasteiger partial charge in [0, 0.05) is 25.2 Å². The number of nitro benzene ring substituents is 1. The van der Waals surface area contributed by atoms with E-state index in [2.05, 4.69) is 20.5 Å². The number of nitrogens with zero attached hydrogens (tertiary/aromatic N) is 4. The standard InChI is InChI=1S/C13H15N5O3/c19-18(20)11-4-3-10(12-13(11)16-21-15-12)17-6-8-2-1-5-14-9(8)7-17/h3-4,8-9,14H,1-2,5-7H2/t8-,9+/m0/s1. The van der Waals surface area contributed by atoms with Gasteiger partial charge in [-0.3, -0.25) is 10.1 Å². The highest BCUT2D eigenvalue weighted by Gasteiger charge is 2.35. The molecule has 0 radical (unpaired) electrons. The molecule has 1 N–H and O–H groups in total. The molecule has 110 valence electrons. The van der Waals surface area contributed by atoms with Gasteiger partial charge in [-0.25, -0.2) is 4.63 Å². The van der Waals surface area contributed by atoms with Gasteiger partial charge in [-0.1, -0.05) is 0 Å². The summed E-state index contributed by atoms with van der Waals surface area (Å²) in [6.45, 7) is 2.90. The number of non-ortho nitro benzene ring substituents is 1. The van der Waals surface area contributed by atoms with E-state index in [1.165, 1.54) is 18.9 Å². The average Bonchev–Trinajstić information content (AvgIpc) is 3.12. The lowest BCUT2D eigenvalue weighted by molar-refractivity contribution is -0.383. The van der Waals surface area contributed by atoms with Crippen LogP contribution in [0.1, 0.15) is 12.8 Å². The molecule has 2 saturated heterocycles. The van der Waals surface area contributed by atoms with Crippen molar-refractivity contribution in [3.05, 3.63) is 22.2 Å². The minimum absolute atomic E-state index is 0.0651. The highest BCUT2D eigenvalue weighted by atomic mass is 16.6. The number of nitro groups is 1. The molecule has 3 heterocycles. The summed E-state index contributed by atoms with van der Waals surface area (Å²) < 4.78 is 4.73. The van der Waals surface area contributed by atoms with Gasteiger partial charge in [0.25, 0.3) is 0 Å². The Labute approximate surface area is 120 Å². The average molecular weight is 289 g/mol. The molecular formula is C13H15N5O3. The number of fused-ring (bicyclic) bond motifs is 2. The molecule has 0 bridgehead atoms. The lowest BCUT2D eigenvalue weighted by atomic mass is 9.94. The van der Waals surface area contributed by atoms with Crippen LogP contribution in [0.15, 0.2) is 16.8 Å². The van der Waals surface area contributed by atoms with Crippen molar-refractivity contribution < 1.29 is 9.55 Å². The van der Waals surface area contributed by atoms with E-state index in [9.17, 15) is 10.1 Å². The molecule has 2 aliphatic heterocycles. The third-order valence-corrected chi connectivity index (χ3v) is 4.51. The number of hydrogen-bond acceptors (Lipinski definition) is 7. The van der Waals surface area contributed by atoms with Crippen molar-refractivity contribution in [1.29, 1.82) is 0 Å². The second kappa shape index (κ2) is 4.66. The van der Waals surface area contributed by atoms with Gasteiger partial charge in [-0.2, -0.15) is 0 Å². The van der Waals surface area contributed by atoms with Gasteiger partial charge in [0.05, 0.1) is 10.6 Å². The molecule has 2 aliphatic rings. The molecule has 8 nitrogen and oxygen atoms in total. The maximum atomic E-state index is 11.0. The van der Waals surface area contributed by atoms with E-state index in [-0.39, 0.29) is 11.2 Å². The molecule has 2 fully saturated rings. The summed E-state index contributed by atoms with van der Waals surface area (Å²) >= 11 is 0. The topological polar surface area (TPSA) is 97.3 Å². The van der Waals surface area contributed by atoms with Crippen LogP contribution in [-0.2, 0) is 0 Å². The summed E-state index contributed by atoms with van der Waals surface area (Å²) in [5.41, 5.74) is 1.50. The van der Waals surface area contributed by atoms with Crippen molar-refractivity contribution >= 4 is 22.4 Å². The Balaban J connectivity index is 1.73. The Hall–Kier alpha value is -2.22. The van der Waals surface area contributed by atoms with E-state index in [0.717, 1.165) is 25.3 Å². The molecule has 0 spiro atoms. The first-order chi connectivity index (χ1) is 10.2. The van der Waals surface area contributed by atoms with Crippen LogP contribution in [0.3, 0.4) is 0 Å². The van der Waals surface area contributed by atoms with Gasteiger partial charge in [0.15, 0.2) is 5.52 Å². The quantitative estimate of drug-likeness (QED) is 0.657. The SMILES string of the molecule is O=[N+]([O-])c1ccc(N2C[C@@H]3CCCN[C@@H]3C2)c2nonc12. The molecular weight excluding hydrogens is 274 g/mol. The zero-order valence-corrected chi connectivity index (χ0v) is 11.4. The van der Waals surface area contributed by atoms with Crippen molar-refractivity contribution in [3.8, 4) is 0 Å². The van der Waals surface area contributed by atoms with Crippen molar-refractivity contribution in [2.24, 2.45) is 5.92 Å². The third kappa shape index (κ3) is 1.94. The predicted octanol–water partition coefficient (Wildman–Crippen LogP) is 1.32. The summed E-state index contributed by atoms with van der Waals surface area (Å²) in [5, 5.41) is 22.1. The predicted molar refractivity (Wildman–Crippen MR) is 75.2 cm³/mol. The van der Waals surface area contributed by atoms with Gasteiger partial charge in [-0.15, -0.1) is 0 Å². The molecule has 4 rings (SSSR count). The van der Waals surface area contributed by atoms with E-state index < -0.39 is 4.92 Å². The fourth-order valence-electron chi connectivity index (χ4n) is 3.49. The van der Waals surface area contributed by atoms with Crippen LogP contribution in [-0.4, -0.2) is 40.9 Å². The minimum Gasteiger partial charge on any atom is -0.368 e. The van der Waals surface area contributed by atoms with E-state index in [4.69, 9.17) is 4.63 Å². The van der Waals surface area contributed by atoms with Crippen LogP contribution in [0.2, 0.25) is 0 Å². The molecule has 0 saturated carbocycles. The van der Waals surface area contributed by atoms with Crippen LogP contribution < -0.4 is 10.2 Å². The Bertz CT molecular complexity index is 686. The molecule has 2 atom stereocenters. The monoisotopic (exact) mass is 289 g/mol. The number of benzene rings is 1. The van der Waals surface area contributed by atoms with Crippen molar-refractivity contribution in [2.75, 3.05) is 24.5 Å². The van der Waals surface area contributed by atoms with Gasteiger partial charge >= 0.3 is 5.69 Å². The zero-order chi connectivity index (χ0) is 14.4. The molecule has 0 aliphatic carbocycles. The number of nitrogens with one attached hydrogen (secondary N) is 1. The first-order valence-corrected chi connectivity index (χ1v) is 7.12. The number of rotatable bonds is 2. The summed E-state index contributed by atoms with van der Waals surface area (Å²) in [7, 11) is 0. The van der Waals surface area contributed by atoms with E-state index in [1.54, 1.807) is 6.07 Å². The van der Waals surface area contributed by atoms with Crippen molar-refractivity contribution in [3.63, 3.8) is 0 Å². The van der Waals surface area contributed by atoms with Gasteiger partial charge in [0.1, 0.15) is 0 Å². The number of aromatic nitrogens is 2. The van der Waals surface area contributed by atoms with Gasteiger partial charge in [0.2, 0.25) is 5.52 Å². The van der Waals surface area contributed by atoms with Crippen LogP contribution in [0.4, 0.5) is 11.4 Å². The second-order valence-electron chi connectivity index (χ2n) is 5.69. The lowest BCUT2D eigenvalue weighted by Gasteiger charge is -2.24. The normalized spacial score (nSPS) is 25.2. The first-order valence-electron chi connectivity index (χ1n) is 7.12.